The van der Waals surface area contributed by atoms with Crippen LogP contribution >= 0.6 is 23.5 Å². The number of ether oxygens (including phenoxy) is 2. The summed E-state index contributed by atoms with van der Waals surface area (Å²) in [5.74, 6) is 2.39. The number of rotatable bonds is 12. The number of hydrogen-bond acceptors (Lipinski definition) is 8. The first-order valence-electron chi connectivity index (χ1n) is 15.9. The summed E-state index contributed by atoms with van der Waals surface area (Å²) in [5, 5.41) is 0. The first-order valence-corrected chi connectivity index (χ1v) is 17.9. The van der Waals surface area contributed by atoms with E-state index in [9.17, 15) is 14.4 Å². The topological polar surface area (TPSA) is 95.1 Å². The third-order valence-electron chi connectivity index (χ3n) is 8.32. The lowest BCUT2D eigenvalue weighted by molar-refractivity contribution is 0.0647. The van der Waals surface area contributed by atoms with Crippen LogP contribution in [0.25, 0.3) is 11.3 Å². The van der Waals surface area contributed by atoms with Crippen LogP contribution in [0.4, 0.5) is 5.69 Å². The van der Waals surface area contributed by atoms with Gasteiger partial charge in [0.1, 0.15) is 5.49 Å². The largest absolute Gasteiger partial charge is 0.493 e. The van der Waals surface area contributed by atoms with Crippen molar-refractivity contribution in [2.24, 2.45) is 4.99 Å². The van der Waals surface area contributed by atoms with Gasteiger partial charge < -0.3 is 9.47 Å². The molecule has 3 aromatic carbocycles. The second kappa shape index (κ2) is 14.3. The summed E-state index contributed by atoms with van der Waals surface area (Å²) in [7, 11) is 3.21. The molecule has 0 radical (unpaired) electrons. The van der Waals surface area contributed by atoms with E-state index in [-0.39, 0.29) is 30.6 Å². The number of amides is 2. The van der Waals surface area contributed by atoms with Crippen LogP contribution in [0, 0.1) is 0 Å². The molecule has 0 saturated heterocycles. The van der Waals surface area contributed by atoms with E-state index in [1.807, 2.05) is 18.2 Å². The Bertz CT molecular complexity index is 1920. The molecule has 0 unspecified atom stereocenters. The number of aromatic nitrogens is 2. The molecule has 0 saturated carbocycles. The van der Waals surface area contributed by atoms with Gasteiger partial charge in [-0.3, -0.25) is 23.6 Å². The summed E-state index contributed by atoms with van der Waals surface area (Å²) >= 11 is 3.50. The first-order chi connectivity index (χ1) is 22.9. The summed E-state index contributed by atoms with van der Waals surface area (Å²) in [6.45, 7) is 4.91. The summed E-state index contributed by atoms with van der Waals surface area (Å²) < 4.78 is 14.6. The van der Waals surface area contributed by atoms with Crippen molar-refractivity contribution >= 4 is 41.0 Å². The zero-order valence-corrected chi connectivity index (χ0v) is 28.7. The first kappa shape index (κ1) is 32.7. The van der Waals surface area contributed by atoms with E-state index in [1.165, 1.54) is 4.90 Å². The molecule has 3 heterocycles. The monoisotopic (exact) mass is 670 g/mol. The minimum Gasteiger partial charge on any atom is -0.493 e. The Morgan fingerprint density at radius 3 is 1.98 bits per heavy atom. The molecule has 6 rings (SSSR count). The van der Waals surface area contributed by atoms with Crippen molar-refractivity contribution in [3.8, 4) is 22.8 Å². The number of fused-ring (bicyclic) bond motifs is 4. The smallest absolute Gasteiger partial charge is 0.330 e. The van der Waals surface area contributed by atoms with Crippen molar-refractivity contribution < 1.29 is 19.1 Å². The molecule has 1 aromatic heterocycles. The van der Waals surface area contributed by atoms with E-state index in [0.717, 1.165) is 56.6 Å². The fourth-order valence-electron chi connectivity index (χ4n) is 5.99. The molecular formula is C36H38N4O5S2. The van der Waals surface area contributed by atoms with Gasteiger partial charge in [-0.2, -0.15) is 0 Å². The Balaban J connectivity index is 1.53. The molecule has 0 bridgehead atoms. The quantitative estimate of drug-likeness (QED) is 0.127. The Kier molecular flexibility index (Phi) is 9.93. The van der Waals surface area contributed by atoms with Crippen LogP contribution in [0.3, 0.4) is 0 Å². The van der Waals surface area contributed by atoms with Crippen molar-refractivity contribution in [1.82, 2.24) is 14.0 Å². The van der Waals surface area contributed by atoms with Crippen LogP contribution in [-0.4, -0.2) is 58.1 Å². The van der Waals surface area contributed by atoms with Crippen LogP contribution in [0.5, 0.6) is 11.5 Å². The van der Waals surface area contributed by atoms with Crippen LogP contribution in [0.2, 0.25) is 0 Å². The Morgan fingerprint density at radius 1 is 0.766 bits per heavy atom. The van der Waals surface area contributed by atoms with Crippen molar-refractivity contribution in [2.45, 2.75) is 56.0 Å². The fourth-order valence-corrected chi connectivity index (χ4v) is 7.84. The predicted molar refractivity (Wildman–Crippen MR) is 186 cm³/mol. The lowest BCUT2D eigenvalue weighted by Gasteiger charge is -2.25. The van der Waals surface area contributed by atoms with Gasteiger partial charge >= 0.3 is 5.69 Å². The van der Waals surface area contributed by atoms with E-state index >= 15 is 0 Å². The second-order valence-corrected chi connectivity index (χ2v) is 13.6. The standard InChI is InChI=1S/C36H38N4O5S2/c1-5-18-46-30-12-9-13-31(47-19-6-2)33(30)37-32-22-27-26-21-29(45-4)28(44-3)20-23(26)14-15-38(27)36(43)39(32)16-17-40-34(41)24-10-7-8-11-25(24)35(40)42/h7-13,20-22H,5-6,14-19H2,1-4H3. The summed E-state index contributed by atoms with van der Waals surface area (Å²) in [4.78, 5) is 49.4. The maximum atomic E-state index is 14.4. The van der Waals surface area contributed by atoms with E-state index in [1.54, 1.807) is 71.1 Å². The third-order valence-corrected chi connectivity index (χ3v) is 10.8. The Morgan fingerprint density at radius 2 is 1.38 bits per heavy atom. The van der Waals surface area contributed by atoms with Crippen molar-refractivity contribution in [2.75, 3.05) is 32.3 Å². The lowest BCUT2D eigenvalue weighted by atomic mass is 9.97. The highest BCUT2D eigenvalue weighted by Crippen LogP contribution is 2.40. The Labute approximate surface area is 282 Å². The highest BCUT2D eigenvalue weighted by Gasteiger charge is 2.35. The molecule has 47 heavy (non-hydrogen) atoms. The van der Waals surface area contributed by atoms with Gasteiger partial charge in [0, 0.05) is 41.1 Å². The van der Waals surface area contributed by atoms with Crippen molar-refractivity contribution in [1.29, 1.82) is 0 Å². The number of hydrogen-bond donors (Lipinski definition) is 0. The SMILES string of the molecule is CCCSc1cccc(SCCC)c1N=c1cc2n(c(=O)n1CCN1C(=O)c3ccccc3C1=O)CCc1cc(OC)c(OC)cc1-2. The minimum absolute atomic E-state index is 0.0411. The molecule has 0 fully saturated rings. The van der Waals surface area contributed by atoms with Crippen LogP contribution in [-0.2, 0) is 19.5 Å². The molecule has 244 valence electrons. The fraction of sp³-hybridized carbons (Fsp3) is 0.333. The van der Waals surface area contributed by atoms with E-state index in [4.69, 9.17) is 14.5 Å². The van der Waals surface area contributed by atoms with E-state index < -0.39 is 0 Å². The number of carbonyl (C=O) groups excluding carboxylic acids is 2. The number of benzene rings is 3. The number of para-hydroxylation sites is 1. The second-order valence-electron chi connectivity index (χ2n) is 11.3. The van der Waals surface area contributed by atoms with Gasteiger partial charge in [0.05, 0.1) is 36.7 Å². The molecule has 11 heteroatoms. The Hall–Kier alpha value is -4.22. The van der Waals surface area contributed by atoms with Crippen LogP contribution < -0.4 is 20.7 Å². The molecular weight excluding hydrogens is 633 g/mol. The van der Waals surface area contributed by atoms with Gasteiger partial charge in [0.2, 0.25) is 0 Å². The normalized spacial score (nSPS) is 13.9. The molecule has 9 nitrogen and oxygen atoms in total. The van der Waals surface area contributed by atoms with Gasteiger partial charge in [0.15, 0.2) is 11.5 Å². The number of imide groups is 1. The van der Waals surface area contributed by atoms with Gasteiger partial charge in [-0.25, -0.2) is 9.79 Å². The van der Waals surface area contributed by atoms with Crippen molar-refractivity contribution in [3.63, 3.8) is 0 Å². The summed E-state index contributed by atoms with van der Waals surface area (Å²) in [6, 6.07) is 18.9. The van der Waals surface area contributed by atoms with E-state index in [2.05, 4.69) is 32.0 Å². The molecule has 0 N–H and O–H groups in total. The zero-order valence-electron chi connectivity index (χ0n) is 27.1. The average Bonchev–Trinajstić information content (AvgIpc) is 3.34. The highest BCUT2D eigenvalue weighted by molar-refractivity contribution is 8.00. The maximum absolute atomic E-state index is 14.4. The third kappa shape index (κ3) is 6.26. The summed E-state index contributed by atoms with van der Waals surface area (Å²) in [6.07, 6.45) is 2.66. The predicted octanol–water partition coefficient (Wildman–Crippen LogP) is 6.42. The van der Waals surface area contributed by atoms with E-state index in [0.29, 0.717) is 41.1 Å². The highest BCUT2D eigenvalue weighted by atomic mass is 32.2. The molecule has 0 atom stereocenters. The minimum atomic E-state index is -0.350. The lowest BCUT2D eigenvalue weighted by Crippen LogP contribution is -2.45. The average molecular weight is 671 g/mol. The van der Waals surface area contributed by atoms with Gasteiger partial charge in [-0.15, -0.1) is 23.5 Å². The summed E-state index contributed by atoms with van der Waals surface area (Å²) in [5.41, 5.74) is 4.47. The molecule has 0 aliphatic carbocycles. The van der Waals surface area contributed by atoms with Gasteiger partial charge in [0.25, 0.3) is 11.8 Å². The molecule has 2 aliphatic rings. The van der Waals surface area contributed by atoms with Crippen LogP contribution in [0.15, 0.2) is 80.2 Å². The number of aryl methyl sites for hydroxylation is 1. The van der Waals surface area contributed by atoms with Crippen LogP contribution in [0.1, 0.15) is 53.0 Å². The molecule has 4 aromatic rings. The molecule has 2 aliphatic heterocycles. The van der Waals surface area contributed by atoms with Crippen molar-refractivity contribution in [3.05, 3.63) is 93.3 Å². The molecule has 2 amide bonds. The number of methoxy groups -OCH3 is 2. The number of carbonyl (C=O) groups is 2. The maximum Gasteiger partial charge on any atom is 0.330 e. The van der Waals surface area contributed by atoms with Gasteiger partial charge in [-0.1, -0.05) is 32.0 Å². The number of thioether (sulfide) groups is 2. The van der Waals surface area contributed by atoms with Gasteiger partial charge in [-0.05, 0) is 72.7 Å². The zero-order chi connectivity index (χ0) is 33.1. The number of nitrogens with zero attached hydrogens (tertiary/aromatic N) is 4. The molecule has 0 spiro atoms.